The third-order valence-electron chi connectivity index (χ3n) is 3.56. The lowest BCUT2D eigenvalue weighted by atomic mass is 9.68. The van der Waals surface area contributed by atoms with Gasteiger partial charge in [0.1, 0.15) is 5.54 Å². The van der Waals surface area contributed by atoms with Crippen molar-refractivity contribution in [2.45, 2.75) is 38.6 Å². The summed E-state index contributed by atoms with van der Waals surface area (Å²) in [6, 6.07) is 0. The molecule has 2 N–H and O–H groups in total. The van der Waals surface area contributed by atoms with Gasteiger partial charge < -0.3 is 10.4 Å². The number of hydrogen-bond donors (Lipinski definition) is 2. The molecule has 0 heterocycles. The number of carboxylic acids is 1. The highest BCUT2D eigenvalue weighted by molar-refractivity contribution is 5.82. The molecule has 0 aromatic rings. The summed E-state index contributed by atoms with van der Waals surface area (Å²) >= 11 is 0. The quantitative estimate of drug-likeness (QED) is 0.667. The van der Waals surface area contributed by atoms with Gasteiger partial charge in [0.15, 0.2) is 0 Å². The summed E-state index contributed by atoms with van der Waals surface area (Å²) in [6.07, 6.45) is 2.94. The van der Waals surface area contributed by atoms with Crippen molar-refractivity contribution in [1.29, 1.82) is 0 Å². The van der Waals surface area contributed by atoms with Crippen LogP contribution in [0.3, 0.4) is 0 Å². The van der Waals surface area contributed by atoms with Crippen molar-refractivity contribution < 1.29 is 14.7 Å². The van der Waals surface area contributed by atoms with E-state index >= 15 is 0 Å². The van der Waals surface area contributed by atoms with Crippen molar-refractivity contribution in [3.63, 3.8) is 0 Å². The first-order valence-electron chi connectivity index (χ1n) is 4.99. The summed E-state index contributed by atoms with van der Waals surface area (Å²) < 4.78 is 0. The molecule has 4 heteroatoms. The van der Waals surface area contributed by atoms with Gasteiger partial charge in [-0.1, -0.05) is 26.7 Å². The predicted octanol–water partition coefficient (Wildman–Crippen LogP) is 1.01. The van der Waals surface area contributed by atoms with Crippen LogP contribution in [0.25, 0.3) is 0 Å². The molecule has 3 unspecified atom stereocenters. The van der Waals surface area contributed by atoms with E-state index in [2.05, 4.69) is 5.32 Å². The number of carbonyl (C=O) groups excluding carboxylic acids is 1. The van der Waals surface area contributed by atoms with Crippen molar-refractivity contribution in [2.75, 3.05) is 0 Å². The molecule has 4 nitrogen and oxygen atoms in total. The maximum Gasteiger partial charge on any atom is 0.329 e. The van der Waals surface area contributed by atoms with Crippen molar-refractivity contribution in [2.24, 2.45) is 11.8 Å². The van der Waals surface area contributed by atoms with Crippen LogP contribution in [0.5, 0.6) is 0 Å². The average molecular weight is 199 g/mol. The Morgan fingerprint density at radius 3 is 2.71 bits per heavy atom. The fourth-order valence-corrected chi connectivity index (χ4v) is 2.34. The molecule has 80 valence electrons. The van der Waals surface area contributed by atoms with E-state index < -0.39 is 11.5 Å². The Hall–Kier alpha value is -1.06. The van der Waals surface area contributed by atoms with Crippen LogP contribution in [0.2, 0.25) is 0 Å². The second-order valence-corrected chi connectivity index (χ2v) is 4.20. The minimum Gasteiger partial charge on any atom is -0.479 e. The summed E-state index contributed by atoms with van der Waals surface area (Å²) in [6.45, 7) is 3.93. The Balaban J connectivity index is 2.94. The summed E-state index contributed by atoms with van der Waals surface area (Å²) in [5.74, 6) is -0.588. The second-order valence-electron chi connectivity index (χ2n) is 4.20. The molecule has 1 rings (SSSR count). The number of aliphatic carboxylic acids is 1. The molecule has 0 radical (unpaired) electrons. The zero-order chi connectivity index (χ0) is 10.8. The lowest BCUT2D eigenvalue weighted by Crippen LogP contribution is -2.59. The van der Waals surface area contributed by atoms with Gasteiger partial charge in [-0.05, 0) is 18.3 Å². The highest BCUT2D eigenvalue weighted by Gasteiger charge is 2.47. The Bertz CT molecular complexity index is 242. The molecule has 0 aliphatic heterocycles. The maximum absolute atomic E-state index is 11.2. The van der Waals surface area contributed by atoms with Gasteiger partial charge in [-0.2, -0.15) is 0 Å². The Kier molecular flexibility index (Phi) is 3.13. The average Bonchev–Trinajstić information content (AvgIpc) is 2.13. The molecule has 0 spiro atoms. The zero-order valence-electron chi connectivity index (χ0n) is 8.62. The van der Waals surface area contributed by atoms with E-state index in [4.69, 9.17) is 0 Å². The third-order valence-corrected chi connectivity index (χ3v) is 3.56. The van der Waals surface area contributed by atoms with Crippen molar-refractivity contribution >= 4 is 12.4 Å². The predicted molar refractivity (Wildman–Crippen MR) is 51.7 cm³/mol. The van der Waals surface area contributed by atoms with Crippen LogP contribution >= 0.6 is 0 Å². The largest absolute Gasteiger partial charge is 0.479 e. The molecule has 1 amide bonds. The standard InChI is InChI=1S/C10H17NO3/c1-7-4-3-5-10(8(7)2,9(13)14)11-6-12/h6-8H,3-5H2,1-2H3,(H,11,12)(H,13,14). The molecule has 0 bridgehead atoms. The number of carbonyl (C=O) groups is 2. The van der Waals surface area contributed by atoms with E-state index in [9.17, 15) is 14.7 Å². The molecular weight excluding hydrogens is 182 g/mol. The van der Waals surface area contributed by atoms with Gasteiger partial charge in [0.25, 0.3) is 0 Å². The van der Waals surface area contributed by atoms with Crippen LogP contribution in [-0.4, -0.2) is 23.0 Å². The highest BCUT2D eigenvalue weighted by atomic mass is 16.4. The molecule has 0 aromatic carbocycles. The van der Waals surface area contributed by atoms with Crippen molar-refractivity contribution in [3.05, 3.63) is 0 Å². The topological polar surface area (TPSA) is 66.4 Å². The molecule has 1 fully saturated rings. The number of nitrogens with one attached hydrogen (secondary N) is 1. The lowest BCUT2D eigenvalue weighted by molar-refractivity contribution is -0.151. The molecule has 0 saturated heterocycles. The van der Waals surface area contributed by atoms with E-state index in [1.807, 2.05) is 13.8 Å². The van der Waals surface area contributed by atoms with Gasteiger partial charge in [-0.15, -0.1) is 0 Å². The van der Waals surface area contributed by atoms with Gasteiger partial charge in [-0.25, -0.2) is 4.79 Å². The van der Waals surface area contributed by atoms with Crippen LogP contribution in [0, 0.1) is 11.8 Å². The van der Waals surface area contributed by atoms with E-state index in [0.717, 1.165) is 12.8 Å². The summed E-state index contributed by atoms with van der Waals surface area (Å²) in [7, 11) is 0. The zero-order valence-corrected chi connectivity index (χ0v) is 8.62. The molecular formula is C10H17NO3. The summed E-state index contributed by atoms with van der Waals surface area (Å²) in [5.41, 5.74) is -1.04. The van der Waals surface area contributed by atoms with Gasteiger partial charge in [0.05, 0.1) is 0 Å². The minimum atomic E-state index is -1.04. The van der Waals surface area contributed by atoms with Crippen LogP contribution in [0.4, 0.5) is 0 Å². The second kappa shape index (κ2) is 3.98. The lowest BCUT2D eigenvalue weighted by Gasteiger charge is -2.42. The van der Waals surface area contributed by atoms with Gasteiger partial charge in [-0.3, -0.25) is 4.79 Å². The fraction of sp³-hybridized carbons (Fsp3) is 0.800. The molecule has 0 aromatic heterocycles. The third kappa shape index (κ3) is 1.61. The van der Waals surface area contributed by atoms with E-state index in [1.54, 1.807) is 0 Å². The van der Waals surface area contributed by atoms with E-state index in [0.29, 0.717) is 18.7 Å². The van der Waals surface area contributed by atoms with Crippen LogP contribution in [-0.2, 0) is 9.59 Å². The highest BCUT2D eigenvalue weighted by Crippen LogP contribution is 2.37. The fourth-order valence-electron chi connectivity index (χ4n) is 2.34. The first-order chi connectivity index (χ1) is 6.54. The SMILES string of the molecule is CC1CCCC(NC=O)(C(=O)O)C1C. The van der Waals surface area contributed by atoms with Gasteiger partial charge in [0.2, 0.25) is 6.41 Å². The minimum absolute atomic E-state index is 0.0149. The number of carboxylic acid groups (broad SMARTS) is 1. The molecule has 1 aliphatic rings. The van der Waals surface area contributed by atoms with E-state index in [-0.39, 0.29) is 5.92 Å². The van der Waals surface area contributed by atoms with Gasteiger partial charge in [0, 0.05) is 0 Å². The maximum atomic E-state index is 11.2. The first-order valence-corrected chi connectivity index (χ1v) is 4.99. The van der Waals surface area contributed by atoms with Crippen LogP contribution < -0.4 is 5.32 Å². The van der Waals surface area contributed by atoms with E-state index in [1.165, 1.54) is 0 Å². The smallest absolute Gasteiger partial charge is 0.329 e. The molecule has 14 heavy (non-hydrogen) atoms. The Morgan fingerprint density at radius 1 is 1.57 bits per heavy atom. The summed E-state index contributed by atoms with van der Waals surface area (Å²) in [4.78, 5) is 21.7. The Morgan fingerprint density at radius 2 is 2.21 bits per heavy atom. The Labute approximate surface area is 83.7 Å². The molecule has 1 aliphatic carbocycles. The number of rotatable bonds is 3. The number of amides is 1. The van der Waals surface area contributed by atoms with Gasteiger partial charge >= 0.3 is 5.97 Å². The van der Waals surface area contributed by atoms with Crippen molar-refractivity contribution in [1.82, 2.24) is 5.32 Å². The normalized spacial score (nSPS) is 37.6. The monoisotopic (exact) mass is 199 g/mol. The van der Waals surface area contributed by atoms with Crippen LogP contribution in [0.15, 0.2) is 0 Å². The molecule has 3 atom stereocenters. The number of hydrogen-bond acceptors (Lipinski definition) is 2. The first kappa shape index (κ1) is 11.0. The summed E-state index contributed by atoms with van der Waals surface area (Å²) in [5, 5.41) is 11.7. The molecule has 1 saturated carbocycles. The van der Waals surface area contributed by atoms with Crippen LogP contribution in [0.1, 0.15) is 33.1 Å². The van der Waals surface area contributed by atoms with Crippen molar-refractivity contribution in [3.8, 4) is 0 Å².